The number of ether oxygens (including phenoxy) is 2. The fourth-order valence-electron chi connectivity index (χ4n) is 4.55. The van der Waals surface area contributed by atoms with Crippen LogP contribution in [0.15, 0.2) is 83.3 Å². The van der Waals surface area contributed by atoms with E-state index >= 15 is 0 Å². The van der Waals surface area contributed by atoms with Crippen LogP contribution in [-0.2, 0) is 29.0 Å². The zero-order chi connectivity index (χ0) is 27.6. The average Bonchev–Trinajstić information content (AvgIpc) is 3.31. The SMILES string of the molecule is Cc1oc(-c2ccccc2)nc1CCOc1ccc(CCC(=O)O)c(C(CC(C)C)OCc2ccccc2)c1. The maximum Gasteiger partial charge on any atom is 0.303 e. The number of hydrogen-bond donors (Lipinski definition) is 1. The van der Waals surface area contributed by atoms with E-state index in [0.29, 0.717) is 37.9 Å². The quantitative estimate of drug-likeness (QED) is 0.182. The number of benzene rings is 3. The van der Waals surface area contributed by atoms with Crippen LogP contribution in [0.4, 0.5) is 0 Å². The van der Waals surface area contributed by atoms with Crippen LogP contribution in [0, 0.1) is 12.8 Å². The lowest BCUT2D eigenvalue weighted by molar-refractivity contribution is -0.136. The molecule has 204 valence electrons. The standard InChI is InChI=1S/C33H37NO5/c1-23(2)20-31(38-22-25-10-6-4-7-11-25)29-21-28(16-14-26(29)15-17-32(35)36)37-19-18-30-24(3)39-33(34-30)27-12-8-5-9-13-27/h4-14,16,21,23,31H,15,17-20,22H2,1-3H3,(H,35,36). The van der Waals surface area contributed by atoms with Crippen LogP contribution in [0.3, 0.4) is 0 Å². The van der Waals surface area contributed by atoms with Gasteiger partial charge in [-0.2, -0.15) is 0 Å². The van der Waals surface area contributed by atoms with Gasteiger partial charge in [-0.1, -0.05) is 68.4 Å². The van der Waals surface area contributed by atoms with Crippen molar-refractivity contribution in [2.24, 2.45) is 5.92 Å². The van der Waals surface area contributed by atoms with Crippen molar-refractivity contribution >= 4 is 5.97 Å². The first-order chi connectivity index (χ1) is 18.9. The predicted octanol–water partition coefficient (Wildman–Crippen LogP) is 7.59. The molecule has 0 spiro atoms. The monoisotopic (exact) mass is 527 g/mol. The molecule has 1 N–H and O–H groups in total. The van der Waals surface area contributed by atoms with E-state index in [1.807, 2.05) is 85.8 Å². The summed E-state index contributed by atoms with van der Waals surface area (Å²) in [6.45, 7) is 7.18. The highest BCUT2D eigenvalue weighted by molar-refractivity contribution is 5.67. The topological polar surface area (TPSA) is 81.8 Å². The van der Waals surface area contributed by atoms with Gasteiger partial charge in [0.05, 0.1) is 25.0 Å². The summed E-state index contributed by atoms with van der Waals surface area (Å²) in [5.41, 5.74) is 4.88. The minimum Gasteiger partial charge on any atom is -0.493 e. The number of carboxylic acids is 1. The van der Waals surface area contributed by atoms with Gasteiger partial charge in [0.1, 0.15) is 11.5 Å². The molecular weight excluding hydrogens is 490 g/mol. The Bertz CT molecular complexity index is 1330. The third kappa shape index (κ3) is 8.29. The molecule has 0 aliphatic heterocycles. The lowest BCUT2D eigenvalue weighted by Gasteiger charge is -2.24. The number of oxazole rings is 1. The lowest BCUT2D eigenvalue weighted by Crippen LogP contribution is -2.12. The van der Waals surface area contributed by atoms with Gasteiger partial charge in [0.15, 0.2) is 0 Å². The van der Waals surface area contributed by atoms with Gasteiger partial charge in [-0.05, 0) is 66.6 Å². The van der Waals surface area contributed by atoms with Crippen molar-refractivity contribution in [3.63, 3.8) is 0 Å². The molecule has 0 saturated heterocycles. The Labute approximate surface area is 230 Å². The van der Waals surface area contributed by atoms with E-state index in [4.69, 9.17) is 13.9 Å². The normalized spacial score (nSPS) is 12.0. The largest absolute Gasteiger partial charge is 0.493 e. The lowest BCUT2D eigenvalue weighted by atomic mass is 9.93. The molecule has 4 rings (SSSR count). The molecule has 6 nitrogen and oxygen atoms in total. The Morgan fingerprint density at radius 2 is 1.69 bits per heavy atom. The summed E-state index contributed by atoms with van der Waals surface area (Å²) in [6.07, 6.45) is 1.75. The highest BCUT2D eigenvalue weighted by Gasteiger charge is 2.20. The van der Waals surface area contributed by atoms with Gasteiger partial charge in [-0.3, -0.25) is 4.79 Å². The van der Waals surface area contributed by atoms with Crippen LogP contribution in [0.1, 0.15) is 60.9 Å². The maximum absolute atomic E-state index is 11.3. The van der Waals surface area contributed by atoms with Crippen molar-refractivity contribution in [1.29, 1.82) is 0 Å². The second-order valence-corrected chi connectivity index (χ2v) is 10.2. The molecule has 1 heterocycles. The van der Waals surface area contributed by atoms with Crippen molar-refractivity contribution in [2.75, 3.05) is 6.61 Å². The van der Waals surface area contributed by atoms with Gasteiger partial charge in [0.25, 0.3) is 0 Å². The number of aryl methyl sites for hydroxylation is 2. The number of rotatable bonds is 14. The van der Waals surface area contributed by atoms with Crippen molar-refractivity contribution in [3.8, 4) is 17.2 Å². The van der Waals surface area contributed by atoms with Crippen LogP contribution < -0.4 is 4.74 Å². The predicted molar refractivity (Wildman–Crippen MR) is 152 cm³/mol. The van der Waals surface area contributed by atoms with Gasteiger partial charge in [0, 0.05) is 18.4 Å². The van der Waals surface area contributed by atoms with Crippen LogP contribution in [0.5, 0.6) is 5.75 Å². The summed E-state index contributed by atoms with van der Waals surface area (Å²) >= 11 is 0. The van der Waals surface area contributed by atoms with Crippen molar-refractivity contribution in [1.82, 2.24) is 4.98 Å². The summed E-state index contributed by atoms with van der Waals surface area (Å²) in [7, 11) is 0. The molecule has 0 bridgehead atoms. The Kier molecular flexibility index (Phi) is 9.92. The summed E-state index contributed by atoms with van der Waals surface area (Å²) in [6, 6.07) is 25.8. The van der Waals surface area contributed by atoms with Crippen molar-refractivity contribution < 1.29 is 23.8 Å². The third-order valence-corrected chi connectivity index (χ3v) is 6.57. The highest BCUT2D eigenvalue weighted by Crippen LogP contribution is 2.33. The molecule has 1 aromatic heterocycles. The molecule has 0 aliphatic rings. The molecule has 0 fully saturated rings. The molecule has 4 aromatic rings. The van der Waals surface area contributed by atoms with Gasteiger partial charge in [-0.15, -0.1) is 0 Å². The molecule has 3 aromatic carbocycles. The molecule has 0 saturated carbocycles. The Morgan fingerprint density at radius 3 is 2.38 bits per heavy atom. The van der Waals surface area contributed by atoms with Crippen LogP contribution >= 0.6 is 0 Å². The fraction of sp³-hybridized carbons (Fsp3) is 0.333. The summed E-state index contributed by atoms with van der Waals surface area (Å²) in [5.74, 6) is 1.71. The number of carboxylic acid groups (broad SMARTS) is 1. The average molecular weight is 528 g/mol. The molecule has 6 heteroatoms. The smallest absolute Gasteiger partial charge is 0.303 e. The zero-order valence-corrected chi connectivity index (χ0v) is 22.9. The summed E-state index contributed by atoms with van der Waals surface area (Å²) in [4.78, 5) is 16.0. The van der Waals surface area contributed by atoms with Crippen molar-refractivity contribution in [2.45, 2.75) is 59.2 Å². The van der Waals surface area contributed by atoms with Crippen LogP contribution in [-0.4, -0.2) is 22.7 Å². The van der Waals surface area contributed by atoms with E-state index in [1.165, 1.54) is 0 Å². The highest BCUT2D eigenvalue weighted by atomic mass is 16.5. The van der Waals surface area contributed by atoms with E-state index < -0.39 is 5.97 Å². The van der Waals surface area contributed by atoms with Gasteiger partial charge in [-0.25, -0.2) is 4.98 Å². The molecule has 0 aliphatic carbocycles. The van der Waals surface area contributed by atoms with Gasteiger partial charge < -0.3 is 19.0 Å². The number of hydrogen-bond acceptors (Lipinski definition) is 5. The van der Waals surface area contributed by atoms with E-state index in [1.54, 1.807) is 0 Å². The fourth-order valence-corrected chi connectivity index (χ4v) is 4.55. The first kappa shape index (κ1) is 28.1. The van der Waals surface area contributed by atoms with E-state index in [-0.39, 0.29) is 12.5 Å². The zero-order valence-electron chi connectivity index (χ0n) is 22.9. The molecule has 39 heavy (non-hydrogen) atoms. The minimum atomic E-state index is -0.815. The molecule has 1 atom stereocenters. The number of aliphatic carboxylic acids is 1. The van der Waals surface area contributed by atoms with Crippen LogP contribution in [0.2, 0.25) is 0 Å². The van der Waals surface area contributed by atoms with Crippen LogP contribution in [0.25, 0.3) is 11.5 Å². The van der Waals surface area contributed by atoms with Gasteiger partial charge >= 0.3 is 5.97 Å². The second kappa shape index (κ2) is 13.8. The molecular formula is C33H37NO5. The van der Waals surface area contributed by atoms with Gasteiger partial charge in [0.2, 0.25) is 5.89 Å². The number of carbonyl (C=O) groups is 1. The second-order valence-electron chi connectivity index (χ2n) is 10.2. The Hall–Kier alpha value is -3.90. The molecule has 0 radical (unpaired) electrons. The minimum absolute atomic E-state index is 0.0650. The van der Waals surface area contributed by atoms with Crippen molar-refractivity contribution in [3.05, 3.63) is 107 Å². The van der Waals surface area contributed by atoms with E-state index in [2.05, 4.69) is 18.8 Å². The van der Waals surface area contributed by atoms with E-state index in [9.17, 15) is 9.90 Å². The first-order valence-electron chi connectivity index (χ1n) is 13.5. The number of aromatic nitrogens is 1. The molecule has 1 unspecified atom stereocenters. The number of nitrogens with zero attached hydrogens (tertiary/aromatic N) is 1. The first-order valence-corrected chi connectivity index (χ1v) is 13.5. The third-order valence-electron chi connectivity index (χ3n) is 6.57. The summed E-state index contributed by atoms with van der Waals surface area (Å²) < 4.78 is 18.5. The van der Waals surface area contributed by atoms with E-state index in [0.717, 1.165) is 45.9 Å². The maximum atomic E-state index is 11.3. The summed E-state index contributed by atoms with van der Waals surface area (Å²) in [5, 5.41) is 9.31. The Balaban J connectivity index is 1.49. The Morgan fingerprint density at radius 1 is 0.974 bits per heavy atom. The molecule has 0 amide bonds.